The molecule has 1 saturated heterocycles. The summed E-state index contributed by atoms with van der Waals surface area (Å²) in [6.07, 6.45) is 1.12. The van der Waals surface area contributed by atoms with Crippen LogP contribution in [0.5, 0.6) is 0 Å². The predicted octanol–water partition coefficient (Wildman–Crippen LogP) is 2.08. The third-order valence-corrected chi connectivity index (χ3v) is 4.22. The normalized spacial score (nSPS) is 23.9. The molecule has 1 amide bonds. The highest BCUT2D eigenvalue weighted by molar-refractivity contribution is 7.08. The van der Waals surface area contributed by atoms with E-state index in [0.29, 0.717) is 31.5 Å². The first-order valence-corrected chi connectivity index (χ1v) is 6.58. The maximum absolute atomic E-state index is 12.1. The molecule has 1 N–H and O–H groups in total. The van der Waals surface area contributed by atoms with Crippen LogP contribution in [0.1, 0.15) is 30.1 Å². The van der Waals surface area contributed by atoms with Crippen LogP contribution in [0.25, 0.3) is 0 Å². The molecule has 2 heterocycles. The van der Waals surface area contributed by atoms with Gasteiger partial charge in [-0.15, -0.1) is 0 Å². The van der Waals surface area contributed by atoms with Gasteiger partial charge in [-0.05, 0) is 24.3 Å². The van der Waals surface area contributed by atoms with Crippen LogP contribution in [0, 0.1) is 5.41 Å². The summed E-state index contributed by atoms with van der Waals surface area (Å²) in [7, 11) is 0. The number of nitrogens with zero attached hydrogens (tertiary/aromatic N) is 1. The molecule has 1 aromatic heterocycles. The third-order valence-electron chi connectivity index (χ3n) is 3.54. The molecule has 1 aliphatic heterocycles. The van der Waals surface area contributed by atoms with Crippen LogP contribution in [0.2, 0.25) is 0 Å². The molecule has 1 aromatic rings. The number of thiophene rings is 1. The van der Waals surface area contributed by atoms with Crippen molar-refractivity contribution in [3.8, 4) is 0 Å². The number of hydrogen-bond donors (Lipinski definition) is 1. The van der Waals surface area contributed by atoms with Crippen molar-refractivity contribution in [1.29, 1.82) is 0 Å². The van der Waals surface area contributed by atoms with Crippen LogP contribution < -0.4 is 0 Å². The van der Waals surface area contributed by atoms with Crippen molar-refractivity contribution in [2.24, 2.45) is 5.41 Å². The van der Waals surface area contributed by atoms with E-state index in [1.165, 1.54) is 11.3 Å². The second-order valence-corrected chi connectivity index (χ2v) is 5.21. The van der Waals surface area contributed by atoms with E-state index in [4.69, 9.17) is 0 Å². The molecule has 0 radical (unpaired) electrons. The molecular weight excluding hydrogens is 238 g/mol. The van der Waals surface area contributed by atoms with Crippen molar-refractivity contribution in [3.05, 3.63) is 22.4 Å². The number of carbonyl (C=O) groups excluding carboxylic acids is 1. The number of carbonyl (C=O) groups is 2. The zero-order valence-corrected chi connectivity index (χ0v) is 10.5. The Morgan fingerprint density at radius 2 is 2.35 bits per heavy atom. The minimum absolute atomic E-state index is 0.0529. The number of rotatable bonds is 3. The Morgan fingerprint density at radius 3 is 2.82 bits per heavy atom. The number of aliphatic carboxylic acids is 1. The molecule has 1 fully saturated rings. The fourth-order valence-corrected chi connectivity index (χ4v) is 2.86. The summed E-state index contributed by atoms with van der Waals surface area (Å²) in [6, 6.07) is 1.78. The summed E-state index contributed by atoms with van der Waals surface area (Å²) in [5, 5.41) is 12.9. The Bertz CT molecular complexity index is 429. The quantitative estimate of drug-likeness (QED) is 0.897. The Kier molecular flexibility index (Phi) is 3.19. The van der Waals surface area contributed by atoms with Crippen molar-refractivity contribution in [1.82, 2.24) is 4.90 Å². The average Bonchev–Trinajstić information content (AvgIpc) is 2.98. The molecule has 0 aromatic carbocycles. The molecule has 2 rings (SSSR count). The van der Waals surface area contributed by atoms with Gasteiger partial charge in [0.25, 0.3) is 5.91 Å². The molecule has 5 heteroatoms. The number of hydrogen-bond acceptors (Lipinski definition) is 3. The SMILES string of the molecule is CCC1(C(=O)O)CCN(C(=O)c2ccsc2)C1. The Balaban J connectivity index is 2.12. The molecule has 92 valence electrons. The summed E-state index contributed by atoms with van der Waals surface area (Å²) in [5.74, 6) is -0.844. The Hall–Kier alpha value is -1.36. The highest BCUT2D eigenvalue weighted by Crippen LogP contribution is 2.34. The lowest BCUT2D eigenvalue weighted by Crippen LogP contribution is -2.36. The summed E-state index contributed by atoms with van der Waals surface area (Å²) < 4.78 is 0. The predicted molar refractivity (Wildman–Crippen MR) is 65.2 cm³/mol. The molecule has 4 nitrogen and oxygen atoms in total. The molecule has 0 bridgehead atoms. The molecule has 1 aliphatic rings. The van der Waals surface area contributed by atoms with Crippen molar-refractivity contribution < 1.29 is 14.7 Å². The van der Waals surface area contributed by atoms with Crippen molar-refractivity contribution >= 4 is 23.2 Å². The molecule has 1 unspecified atom stereocenters. The lowest BCUT2D eigenvalue weighted by Gasteiger charge is -2.22. The zero-order chi connectivity index (χ0) is 12.5. The number of carboxylic acids is 1. The van der Waals surface area contributed by atoms with E-state index in [9.17, 15) is 14.7 Å². The Labute approximate surface area is 104 Å². The van der Waals surface area contributed by atoms with Gasteiger partial charge in [0.15, 0.2) is 0 Å². The minimum Gasteiger partial charge on any atom is -0.481 e. The lowest BCUT2D eigenvalue weighted by atomic mass is 9.84. The average molecular weight is 253 g/mol. The zero-order valence-electron chi connectivity index (χ0n) is 9.68. The van der Waals surface area contributed by atoms with Gasteiger partial charge in [-0.3, -0.25) is 9.59 Å². The van der Waals surface area contributed by atoms with E-state index >= 15 is 0 Å². The summed E-state index contributed by atoms with van der Waals surface area (Å²) in [4.78, 5) is 25.0. The van der Waals surface area contributed by atoms with Gasteiger partial charge in [-0.2, -0.15) is 11.3 Å². The van der Waals surface area contributed by atoms with Crippen LogP contribution in [0.15, 0.2) is 16.8 Å². The van der Waals surface area contributed by atoms with E-state index < -0.39 is 11.4 Å². The van der Waals surface area contributed by atoms with E-state index in [1.54, 1.807) is 16.3 Å². The Morgan fingerprint density at radius 1 is 1.59 bits per heavy atom. The fourth-order valence-electron chi connectivity index (χ4n) is 2.23. The van der Waals surface area contributed by atoms with E-state index in [-0.39, 0.29) is 5.91 Å². The summed E-state index contributed by atoms with van der Waals surface area (Å²) in [5.41, 5.74) is -0.0848. The monoisotopic (exact) mass is 253 g/mol. The number of carboxylic acid groups (broad SMARTS) is 1. The summed E-state index contributed by atoms with van der Waals surface area (Å²) in [6.45, 7) is 2.73. The summed E-state index contributed by atoms with van der Waals surface area (Å²) >= 11 is 1.47. The molecule has 17 heavy (non-hydrogen) atoms. The van der Waals surface area contributed by atoms with E-state index in [2.05, 4.69) is 0 Å². The topological polar surface area (TPSA) is 57.6 Å². The first-order valence-electron chi connectivity index (χ1n) is 5.64. The van der Waals surface area contributed by atoms with E-state index in [1.807, 2.05) is 12.3 Å². The first kappa shape index (κ1) is 12.1. The standard InChI is InChI=1S/C12H15NO3S/c1-2-12(11(15)16)4-5-13(8-12)10(14)9-3-6-17-7-9/h3,6-7H,2,4-5,8H2,1H3,(H,15,16). The second-order valence-electron chi connectivity index (χ2n) is 4.43. The van der Waals surface area contributed by atoms with Gasteiger partial charge >= 0.3 is 5.97 Å². The molecule has 0 aliphatic carbocycles. The van der Waals surface area contributed by atoms with Crippen LogP contribution in [0.4, 0.5) is 0 Å². The third kappa shape index (κ3) is 2.07. The largest absolute Gasteiger partial charge is 0.481 e. The fraction of sp³-hybridized carbons (Fsp3) is 0.500. The van der Waals surface area contributed by atoms with Gasteiger partial charge in [-0.1, -0.05) is 6.92 Å². The lowest BCUT2D eigenvalue weighted by molar-refractivity contribution is -0.148. The minimum atomic E-state index is -0.791. The first-order chi connectivity index (χ1) is 8.09. The smallest absolute Gasteiger partial charge is 0.311 e. The van der Waals surface area contributed by atoms with Gasteiger partial charge in [0.2, 0.25) is 0 Å². The maximum Gasteiger partial charge on any atom is 0.311 e. The van der Waals surface area contributed by atoms with Crippen molar-refractivity contribution in [2.45, 2.75) is 19.8 Å². The number of likely N-dealkylation sites (tertiary alicyclic amines) is 1. The molecule has 0 saturated carbocycles. The van der Waals surface area contributed by atoms with E-state index in [0.717, 1.165) is 0 Å². The highest BCUT2D eigenvalue weighted by Gasteiger charge is 2.44. The number of amides is 1. The van der Waals surface area contributed by atoms with Gasteiger partial charge in [0.1, 0.15) is 0 Å². The van der Waals surface area contributed by atoms with Crippen LogP contribution >= 0.6 is 11.3 Å². The van der Waals surface area contributed by atoms with Gasteiger partial charge < -0.3 is 10.0 Å². The van der Waals surface area contributed by atoms with Gasteiger partial charge in [0.05, 0.1) is 11.0 Å². The van der Waals surface area contributed by atoms with Crippen molar-refractivity contribution in [2.75, 3.05) is 13.1 Å². The van der Waals surface area contributed by atoms with Crippen LogP contribution in [-0.2, 0) is 4.79 Å². The van der Waals surface area contributed by atoms with Gasteiger partial charge in [0, 0.05) is 18.5 Å². The van der Waals surface area contributed by atoms with Gasteiger partial charge in [-0.25, -0.2) is 0 Å². The van der Waals surface area contributed by atoms with Crippen molar-refractivity contribution in [3.63, 3.8) is 0 Å². The molecule has 1 atom stereocenters. The van der Waals surface area contributed by atoms with Crippen LogP contribution in [0.3, 0.4) is 0 Å². The highest BCUT2D eigenvalue weighted by atomic mass is 32.1. The molecular formula is C12H15NO3S. The van der Waals surface area contributed by atoms with Crippen LogP contribution in [-0.4, -0.2) is 35.0 Å². The molecule has 0 spiro atoms. The maximum atomic E-state index is 12.1. The second kappa shape index (κ2) is 4.49.